The second kappa shape index (κ2) is 5.30. The van der Waals surface area contributed by atoms with Gasteiger partial charge in [0.25, 0.3) is 0 Å². The van der Waals surface area contributed by atoms with E-state index in [9.17, 15) is 4.39 Å². The highest BCUT2D eigenvalue weighted by Crippen LogP contribution is 2.27. The van der Waals surface area contributed by atoms with Crippen LogP contribution in [-0.2, 0) is 4.74 Å². The van der Waals surface area contributed by atoms with Crippen molar-refractivity contribution in [2.45, 2.75) is 18.9 Å². The fraction of sp³-hybridized carbons (Fsp3) is 0.429. The predicted octanol–water partition coefficient (Wildman–Crippen LogP) is 1.89. The lowest BCUT2D eigenvalue weighted by Gasteiger charge is -2.11. The lowest BCUT2D eigenvalue weighted by molar-refractivity contribution is 0.185. The van der Waals surface area contributed by atoms with Gasteiger partial charge < -0.3 is 14.6 Å². The third kappa shape index (κ3) is 2.32. The summed E-state index contributed by atoms with van der Waals surface area (Å²) in [4.78, 5) is 4.37. The van der Waals surface area contributed by atoms with E-state index in [-0.39, 0.29) is 17.8 Å². The summed E-state index contributed by atoms with van der Waals surface area (Å²) in [6.45, 7) is 2.89. The van der Waals surface area contributed by atoms with Gasteiger partial charge >= 0.3 is 0 Å². The maximum Gasteiger partial charge on any atom is 0.234 e. The number of benzene rings is 1. The predicted molar refractivity (Wildman–Crippen MR) is 70.8 cm³/mol. The molecule has 1 aromatic heterocycles. The second-order valence-corrected chi connectivity index (χ2v) is 4.96. The Kier molecular flexibility index (Phi) is 3.50. The van der Waals surface area contributed by atoms with Crippen molar-refractivity contribution in [3.63, 3.8) is 0 Å². The van der Waals surface area contributed by atoms with Crippen molar-refractivity contribution in [3.05, 3.63) is 35.5 Å². The Morgan fingerprint density at radius 1 is 1.35 bits per heavy atom. The second-order valence-electron chi connectivity index (χ2n) is 4.96. The summed E-state index contributed by atoms with van der Waals surface area (Å²) in [5.74, 6) is 0.696. The van der Waals surface area contributed by atoms with Crippen LogP contribution in [0.3, 0.4) is 0 Å². The van der Waals surface area contributed by atoms with Gasteiger partial charge in [-0.25, -0.2) is 4.39 Å². The lowest BCUT2D eigenvalue weighted by atomic mass is 10.0. The van der Waals surface area contributed by atoms with Crippen molar-refractivity contribution in [3.8, 4) is 11.4 Å². The van der Waals surface area contributed by atoms with Gasteiger partial charge in [-0.1, -0.05) is 17.3 Å². The summed E-state index contributed by atoms with van der Waals surface area (Å²) in [5, 5.41) is 7.10. The van der Waals surface area contributed by atoms with Crippen LogP contribution in [0.4, 0.5) is 4.39 Å². The number of rotatable bonds is 3. The third-order valence-electron chi connectivity index (χ3n) is 3.64. The first-order chi connectivity index (χ1) is 9.69. The molecule has 0 amide bonds. The number of aryl methyl sites for hydroxylation is 1. The fourth-order valence-electron chi connectivity index (χ4n) is 2.32. The molecule has 0 radical (unpaired) electrons. The molecule has 2 atom stereocenters. The zero-order valence-corrected chi connectivity index (χ0v) is 11.4. The van der Waals surface area contributed by atoms with Gasteiger partial charge in [-0.2, -0.15) is 4.98 Å². The third-order valence-corrected chi connectivity index (χ3v) is 3.64. The van der Waals surface area contributed by atoms with E-state index < -0.39 is 0 Å². The first-order valence-electron chi connectivity index (χ1n) is 6.54. The summed E-state index contributed by atoms with van der Waals surface area (Å²) in [7, 11) is 1.87. The van der Waals surface area contributed by atoms with Crippen LogP contribution in [0.2, 0.25) is 0 Å². The summed E-state index contributed by atoms with van der Waals surface area (Å²) in [6, 6.07) is 5.08. The summed E-state index contributed by atoms with van der Waals surface area (Å²) in [6.07, 6.45) is 0. The van der Waals surface area contributed by atoms with Crippen molar-refractivity contribution >= 4 is 0 Å². The highest BCUT2D eigenvalue weighted by Gasteiger charge is 2.33. The number of hydrogen-bond acceptors (Lipinski definition) is 5. The van der Waals surface area contributed by atoms with Gasteiger partial charge in [0.15, 0.2) is 0 Å². The van der Waals surface area contributed by atoms with Crippen LogP contribution in [-0.4, -0.2) is 36.4 Å². The molecule has 20 heavy (non-hydrogen) atoms. The molecule has 3 rings (SSSR count). The number of ether oxygens (including phenoxy) is 1. The minimum Gasteiger partial charge on any atom is -0.379 e. The van der Waals surface area contributed by atoms with Crippen molar-refractivity contribution in [1.29, 1.82) is 0 Å². The fourth-order valence-corrected chi connectivity index (χ4v) is 2.32. The van der Waals surface area contributed by atoms with Crippen molar-refractivity contribution in [2.24, 2.45) is 0 Å². The average molecular weight is 277 g/mol. The monoisotopic (exact) mass is 277 g/mol. The first-order valence-corrected chi connectivity index (χ1v) is 6.54. The van der Waals surface area contributed by atoms with Crippen LogP contribution in [0.15, 0.2) is 22.7 Å². The number of likely N-dealkylation sites (N-methyl/N-ethyl adjacent to an activating group) is 1. The van der Waals surface area contributed by atoms with Gasteiger partial charge in [-0.15, -0.1) is 0 Å². The van der Waals surface area contributed by atoms with Crippen LogP contribution < -0.4 is 5.32 Å². The van der Waals surface area contributed by atoms with E-state index in [1.807, 2.05) is 7.05 Å². The molecule has 0 spiro atoms. The van der Waals surface area contributed by atoms with E-state index in [2.05, 4.69) is 15.5 Å². The molecule has 0 aliphatic carbocycles. The van der Waals surface area contributed by atoms with Gasteiger partial charge in [0, 0.05) is 11.6 Å². The average Bonchev–Trinajstić information content (AvgIpc) is 3.09. The van der Waals surface area contributed by atoms with Crippen LogP contribution in [0.1, 0.15) is 17.4 Å². The quantitative estimate of drug-likeness (QED) is 0.928. The minimum absolute atomic E-state index is 0.0385. The van der Waals surface area contributed by atoms with Crippen LogP contribution >= 0.6 is 0 Å². The molecule has 2 unspecified atom stereocenters. The highest BCUT2D eigenvalue weighted by molar-refractivity contribution is 5.55. The Bertz CT molecular complexity index is 614. The summed E-state index contributed by atoms with van der Waals surface area (Å²) in [5.41, 5.74) is 1.21. The van der Waals surface area contributed by atoms with E-state index in [0.29, 0.717) is 36.1 Å². The molecule has 2 aromatic rings. The zero-order chi connectivity index (χ0) is 14.1. The van der Waals surface area contributed by atoms with Crippen molar-refractivity contribution < 1.29 is 13.7 Å². The molecular formula is C14H16FN3O2. The molecule has 1 N–H and O–H groups in total. The van der Waals surface area contributed by atoms with Crippen LogP contribution in [0, 0.1) is 12.7 Å². The molecular weight excluding hydrogens is 261 g/mol. The van der Waals surface area contributed by atoms with E-state index in [1.165, 1.54) is 6.07 Å². The number of halogens is 1. The number of aromatic nitrogens is 2. The normalized spacial score (nSPS) is 22.4. The van der Waals surface area contributed by atoms with E-state index in [0.717, 1.165) is 0 Å². The Labute approximate surface area is 116 Å². The molecule has 1 aromatic carbocycles. The van der Waals surface area contributed by atoms with Gasteiger partial charge in [-0.05, 0) is 25.6 Å². The van der Waals surface area contributed by atoms with Gasteiger partial charge in [0.1, 0.15) is 5.82 Å². The topological polar surface area (TPSA) is 60.2 Å². The number of hydrogen-bond donors (Lipinski definition) is 1. The Morgan fingerprint density at radius 3 is 2.95 bits per heavy atom. The van der Waals surface area contributed by atoms with Crippen molar-refractivity contribution in [1.82, 2.24) is 15.5 Å². The molecule has 1 saturated heterocycles. The molecule has 1 aliphatic heterocycles. The maximum atomic E-state index is 13.6. The van der Waals surface area contributed by atoms with E-state index in [1.54, 1.807) is 19.1 Å². The van der Waals surface area contributed by atoms with Gasteiger partial charge in [0.05, 0.1) is 19.1 Å². The Balaban J connectivity index is 1.88. The molecule has 2 heterocycles. The first kappa shape index (κ1) is 13.2. The Hall–Kier alpha value is -1.79. The number of nitrogens with zero attached hydrogens (tertiary/aromatic N) is 2. The largest absolute Gasteiger partial charge is 0.379 e. The molecule has 0 saturated carbocycles. The van der Waals surface area contributed by atoms with Crippen LogP contribution in [0.25, 0.3) is 11.4 Å². The molecule has 6 heteroatoms. The maximum absolute atomic E-state index is 13.6. The molecule has 1 aliphatic rings. The Morgan fingerprint density at radius 2 is 2.20 bits per heavy atom. The SMILES string of the molecule is CNC1COCC1c1nc(-c2ccc(C)c(F)c2)no1. The summed E-state index contributed by atoms with van der Waals surface area (Å²) >= 11 is 0. The summed E-state index contributed by atoms with van der Waals surface area (Å²) < 4.78 is 24.3. The van der Waals surface area contributed by atoms with Gasteiger partial charge in [0.2, 0.25) is 11.7 Å². The van der Waals surface area contributed by atoms with Crippen molar-refractivity contribution in [2.75, 3.05) is 20.3 Å². The molecule has 5 nitrogen and oxygen atoms in total. The smallest absolute Gasteiger partial charge is 0.234 e. The van der Waals surface area contributed by atoms with Gasteiger partial charge in [-0.3, -0.25) is 0 Å². The zero-order valence-electron chi connectivity index (χ0n) is 11.4. The molecule has 106 valence electrons. The lowest BCUT2D eigenvalue weighted by Crippen LogP contribution is -2.31. The standard InChI is InChI=1S/C14H16FN3O2/c1-8-3-4-9(5-11(8)15)13-17-14(20-18-13)10-6-19-7-12(10)16-2/h3-5,10,12,16H,6-7H2,1-2H3. The van der Waals surface area contributed by atoms with Crippen LogP contribution in [0.5, 0.6) is 0 Å². The molecule has 1 fully saturated rings. The van der Waals surface area contributed by atoms with E-state index in [4.69, 9.17) is 9.26 Å². The molecule has 0 bridgehead atoms. The van der Waals surface area contributed by atoms with E-state index >= 15 is 0 Å². The number of nitrogens with one attached hydrogen (secondary N) is 1. The highest BCUT2D eigenvalue weighted by atomic mass is 19.1. The minimum atomic E-state index is -0.272.